The number of benzene rings is 1. The molecule has 1 aromatic rings. The average Bonchev–Trinajstić information content (AvgIpc) is 2.42. The van der Waals surface area contributed by atoms with Crippen molar-refractivity contribution in [1.29, 1.82) is 0 Å². The van der Waals surface area contributed by atoms with Gasteiger partial charge in [0, 0.05) is 18.2 Å². The van der Waals surface area contributed by atoms with Crippen LogP contribution < -0.4 is 10.6 Å². The molecule has 1 saturated heterocycles. The SMILES string of the molecule is Cc1ccc(NC(=O)CCC2CCNCC2)cc1O. The second-order valence-corrected chi connectivity index (χ2v) is 5.28. The van der Waals surface area contributed by atoms with E-state index >= 15 is 0 Å². The summed E-state index contributed by atoms with van der Waals surface area (Å²) in [6.07, 6.45) is 3.84. The van der Waals surface area contributed by atoms with Crippen LogP contribution in [0.5, 0.6) is 5.75 Å². The number of hydrogen-bond acceptors (Lipinski definition) is 3. The van der Waals surface area contributed by atoms with Crippen LogP contribution in [0.25, 0.3) is 0 Å². The van der Waals surface area contributed by atoms with Crippen LogP contribution in [0.15, 0.2) is 18.2 Å². The maximum absolute atomic E-state index is 11.8. The first-order valence-electron chi connectivity index (χ1n) is 6.95. The minimum atomic E-state index is 0.0294. The molecule has 1 aliphatic rings. The first kappa shape index (κ1) is 13.9. The molecule has 19 heavy (non-hydrogen) atoms. The van der Waals surface area contributed by atoms with Crippen LogP contribution in [-0.2, 0) is 4.79 Å². The number of aromatic hydroxyl groups is 1. The van der Waals surface area contributed by atoms with Gasteiger partial charge in [0.25, 0.3) is 0 Å². The number of anilines is 1. The molecular formula is C15H22N2O2. The molecule has 1 aliphatic heterocycles. The highest BCUT2D eigenvalue weighted by Crippen LogP contribution is 2.22. The van der Waals surface area contributed by atoms with Gasteiger partial charge in [-0.2, -0.15) is 0 Å². The molecule has 0 aliphatic carbocycles. The van der Waals surface area contributed by atoms with E-state index in [4.69, 9.17) is 0 Å². The van der Waals surface area contributed by atoms with Crippen LogP contribution in [0, 0.1) is 12.8 Å². The summed E-state index contributed by atoms with van der Waals surface area (Å²) in [5.41, 5.74) is 1.48. The molecule has 1 aromatic carbocycles. The average molecular weight is 262 g/mol. The lowest BCUT2D eigenvalue weighted by Crippen LogP contribution is -2.28. The van der Waals surface area contributed by atoms with Crippen molar-refractivity contribution in [2.75, 3.05) is 18.4 Å². The Kier molecular flexibility index (Phi) is 4.80. The highest BCUT2D eigenvalue weighted by Gasteiger charge is 2.14. The number of nitrogens with one attached hydrogen (secondary N) is 2. The molecule has 104 valence electrons. The van der Waals surface area contributed by atoms with E-state index < -0.39 is 0 Å². The van der Waals surface area contributed by atoms with Crippen molar-refractivity contribution < 1.29 is 9.90 Å². The van der Waals surface area contributed by atoms with E-state index in [1.165, 1.54) is 12.8 Å². The van der Waals surface area contributed by atoms with E-state index in [1.54, 1.807) is 12.1 Å². The number of carbonyl (C=O) groups excluding carboxylic acids is 1. The summed E-state index contributed by atoms with van der Waals surface area (Å²) in [7, 11) is 0. The molecular weight excluding hydrogens is 240 g/mol. The second-order valence-electron chi connectivity index (χ2n) is 5.28. The molecule has 0 bridgehead atoms. The minimum Gasteiger partial charge on any atom is -0.508 e. The number of piperidine rings is 1. The first-order valence-corrected chi connectivity index (χ1v) is 6.95. The van der Waals surface area contributed by atoms with E-state index in [-0.39, 0.29) is 11.7 Å². The van der Waals surface area contributed by atoms with Crippen LogP contribution >= 0.6 is 0 Å². The number of phenols is 1. The molecule has 1 fully saturated rings. The van der Waals surface area contributed by atoms with Gasteiger partial charge in [-0.25, -0.2) is 0 Å². The molecule has 2 rings (SSSR count). The molecule has 1 amide bonds. The van der Waals surface area contributed by atoms with Gasteiger partial charge in [0.15, 0.2) is 0 Å². The molecule has 4 heteroatoms. The molecule has 4 nitrogen and oxygen atoms in total. The Labute approximate surface area is 114 Å². The van der Waals surface area contributed by atoms with Gasteiger partial charge >= 0.3 is 0 Å². The fourth-order valence-corrected chi connectivity index (χ4v) is 2.42. The quantitative estimate of drug-likeness (QED) is 0.781. The monoisotopic (exact) mass is 262 g/mol. The summed E-state index contributed by atoms with van der Waals surface area (Å²) in [5, 5.41) is 15.7. The predicted molar refractivity (Wildman–Crippen MR) is 76.3 cm³/mol. The molecule has 0 atom stereocenters. The van der Waals surface area contributed by atoms with Crippen LogP contribution in [0.1, 0.15) is 31.2 Å². The Morgan fingerprint density at radius 3 is 2.84 bits per heavy atom. The third-order valence-electron chi connectivity index (χ3n) is 3.73. The van der Waals surface area contributed by atoms with Crippen molar-refractivity contribution in [2.45, 2.75) is 32.6 Å². The van der Waals surface area contributed by atoms with Gasteiger partial charge in [-0.15, -0.1) is 0 Å². The largest absolute Gasteiger partial charge is 0.508 e. The summed E-state index contributed by atoms with van der Waals surface area (Å²) >= 11 is 0. The fourth-order valence-electron chi connectivity index (χ4n) is 2.42. The first-order chi connectivity index (χ1) is 9.15. The standard InChI is InChI=1S/C15H22N2O2/c1-11-2-4-13(10-14(11)18)17-15(19)5-3-12-6-8-16-9-7-12/h2,4,10,12,16,18H,3,5-9H2,1H3,(H,17,19). The fraction of sp³-hybridized carbons (Fsp3) is 0.533. The van der Waals surface area contributed by atoms with E-state index in [0.717, 1.165) is 25.1 Å². The highest BCUT2D eigenvalue weighted by atomic mass is 16.3. The van der Waals surface area contributed by atoms with Gasteiger partial charge in [-0.05, 0) is 56.8 Å². The third-order valence-corrected chi connectivity index (χ3v) is 3.73. The minimum absolute atomic E-state index is 0.0294. The number of rotatable bonds is 4. The predicted octanol–water partition coefficient (Wildman–Crippen LogP) is 2.42. The summed E-state index contributed by atoms with van der Waals surface area (Å²) < 4.78 is 0. The smallest absolute Gasteiger partial charge is 0.224 e. The lowest BCUT2D eigenvalue weighted by atomic mass is 9.93. The summed E-state index contributed by atoms with van der Waals surface area (Å²) in [5.74, 6) is 0.913. The van der Waals surface area contributed by atoms with Gasteiger partial charge in [0.1, 0.15) is 5.75 Å². The van der Waals surface area contributed by atoms with Gasteiger partial charge in [-0.3, -0.25) is 4.79 Å². The number of aryl methyl sites for hydroxylation is 1. The molecule has 1 heterocycles. The Bertz CT molecular complexity index is 440. The molecule has 0 saturated carbocycles. The van der Waals surface area contributed by atoms with Crippen molar-refractivity contribution >= 4 is 11.6 Å². The van der Waals surface area contributed by atoms with Crippen LogP contribution in [-0.4, -0.2) is 24.1 Å². The van der Waals surface area contributed by atoms with Crippen LogP contribution in [0.4, 0.5) is 5.69 Å². The van der Waals surface area contributed by atoms with Gasteiger partial charge < -0.3 is 15.7 Å². The molecule has 0 unspecified atom stereocenters. The summed E-state index contributed by atoms with van der Waals surface area (Å²) in [6, 6.07) is 5.22. The number of carbonyl (C=O) groups is 1. The lowest BCUT2D eigenvalue weighted by Gasteiger charge is -2.22. The number of amides is 1. The van der Waals surface area contributed by atoms with Crippen LogP contribution in [0.2, 0.25) is 0 Å². The van der Waals surface area contributed by atoms with Crippen molar-refractivity contribution in [3.05, 3.63) is 23.8 Å². The van der Waals surface area contributed by atoms with Gasteiger partial charge in [0.05, 0.1) is 0 Å². The Morgan fingerprint density at radius 1 is 1.42 bits per heavy atom. The Balaban J connectivity index is 1.78. The van der Waals surface area contributed by atoms with Crippen molar-refractivity contribution in [2.24, 2.45) is 5.92 Å². The van der Waals surface area contributed by atoms with E-state index in [0.29, 0.717) is 18.0 Å². The zero-order valence-corrected chi connectivity index (χ0v) is 11.4. The highest BCUT2D eigenvalue weighted by molar-refractivity contribution is 5.90. The van der Waals surface area contributed by atoms with Crippen LogP contribution in [0.3, 0.4) is 0 Å². The van der Waals surface area contributed by atoms with Gasteiger partial charge in [-0.1, -0.05) is 6.07 Å². The molecule has 3 N–H and O–H groups in total. The third kappa shape index (κ3) is 4.24. The topological polar surface area (TPSA) is 61.4 Å². The molecule has 0 spiro atoms. The van der Waals surface area contributed by atoms with Crippen molar-refractivity contribution in [1.82, 2.24) is 5.32 Å². The number of hydrogen-bond donors (Lipinski definition) is 3. The zero-order valence-electron chi connectivity index (χ0n) is 11.4. The maximum Gasteiger partial charge on any atom is 0.224 e. The maximum atomic E-state index is 11.8. The van der Waals surface area contributed by atoms with Gasteiger partial charge in [0.2, 0.25) is 5.91 Å². The molecule has 0 radical (unpaired) electrons. The van der Waals surface area contributed by atoms with E-state index in [9.17, 15) is 9.90 Å². The van der Waals surface area contributed by atoms with E-state index in [2.05, 4.69) is 10.6 Å². The lowest BCUT2D eigenvalue weighted by molar-refractivity contribution is -0.116. The van der Waals surface area contributed by atoms with Crippen molar-refractivity contribution in [3.63, 3.8) is 0 Å². The molecule has 0 aromatic heterocycles. The van der Waals surface area contributed by atoms with E-state index in [1.807, 2.05) is 13.0 Å². The number of phenolic OH excluding ortho intramolecular Hbond substituents is 1. The summed E-state index contributed by atoms with van der Waals surface area (Å²) in [6.45, 7) is 3.97. The van der Waals surface area contributed by atoms with Crippen molar-refractivity contribution in [3.8, 4) is 5.75 Å². The Morgan fingerprint density at radius 2 is 2.16 bits per heavy atom. The summed E-state index contributed by atoms with van der Waals surface area (Å²) in [4.78, 5) is 11.8. The second kappa shape index (κ2) is 6.57. The zero-order chi connectivity index (χ0) is 13.7. The normalized spacial score (nSPS) is 16.3. The Hall–Kier alpha value is -1.55.